The van der Waals surface area contributed by atoms with Gasteiger partial charge in [-0.2, -0.15) is 0 Å². The molecule has 0 heterocycles. The van der Waals surface area contributed by atoms with Gasteiger partial charge in [0.05, 0.1) is 0 Å². The average Bonchev–Trinajstić information content (AvgIpc) is 2.85. The zero-order chi connectivity index (χ0) is 11.8. The van der Waals surface area contributed by atoms with Gasteiger partial charge in [0.1, 0.15) is 0 Å². The molecule has 0 aliphatic heterocycles. The predicted octanol–water partition coefficient (Wildman–Crippen LogP) is 1.85. The van der Waals surface area contributed by atoms with Crippen LogP contribution in [0, 0.1) is 0 Å². The van der Waals surface area contributed by atoms with Crippen molar-refractivity contribution in [2.75, 3.05) is 0 Å². The summed E-state index contributed by atoms with van der Waals surface area (Å²) < 4.78 is 0. The lowest BCUT2D eigenvalue weighted by Crippen LogP contribution is -2.25. The van der Waals surface area contributed by atoms with Crippen molar-refractivity contribution in [1.82, 2.24) is 0 Å². The molecule has 2 aliphatic rings. The van der Waals surface area contributed by atoms with E-state index < -0.39 is 0 Å². The molecule has 2 aliphatic carbocycles. The smallest absolute Gasteiger partial charge is 0.164 e. The van der Waals surface area contributed by atoms with E-state index in [9.17, 15) is 9.90 Å². The number of allylic oxidation sites excluding steroid dienone is 6. The van der Waals surface area contributed by atoms with Crippen LogP contribution in [0.4, 0.5) is 0 Å². The normalized spacial score (nSPS) is 22.7. The summed E-state index contributed by atoms with van der Waals surface area (Å²) in [6.45, 7) is 0. The number of hydrogen-bond donors (Lipinski definition) is 0. The summed E-state index contributed by atoms with van der Waals surface area (Å²) in [7, 11) is 0. The van der Waals surface area contributed by atoms with E-state index in [0.29, 0.717) is 17.6 Å². The monoisotopic (exact) mass is 223 g/mol. The van der Waals surface area contributed by atoms with E-state index in [1.54, 1.807) is 18.2 Å². The molecule has 3 rings (SSSR count). The second kappa shape index (κ2) is 3.74. The third-order valence-electron chi connectivity index (χ3n) is 3.29. The molecule has 0 saturated heterocycles. The zero-order valence-electron chi connectivity index (χ0n) is 9.22. The molecule has 1 aromatic rings. The number of carbonyl (C=O) groups excluding carboxylic acids is 1. The van der Waals surface area contributed by atoms with Crippen molar-refractivity contribution in [2.24, 2.45) is 0 Å². The number of rotatable bonds is 1. The number of hydrogen-bond acceptors (Lipinski definition) is 2. The topological polar surface area (TPSA) is 40.1 Å². The molecule has 0 amide bonds. The highest BCUT2D eigenvalue weighted by Gasteiger charge is 2.27. The summed E-state index contributed by atoms with van der Waals surface area (Å²) in [6, 6.07) is 9.52. The molecule has 0 aromatic heterocycles. The molecule has 0 radical (unpaired) electrons. The predicted molar refractivity (Wildman–Crippen MR) is 63.1 cm³/mol. The molecule has 0 saturated carbocycles. The maximum Gasteiger partial charge on any atom is 0.164 e. The molecule has 84 valence electrons. The molecule has 0 bridgehead atoms. The number of benzene rings is 1. The van der Waals surface area contributed by atoms with Gasteiger partial charge < -0.3 is 5.11 Å². The van der Waals surface area contributed by atoms with Gasteiger partial charge in [0, 0.05) is 17.9 Å². The van der Waals surface area contributed by atoms with Crippen LogP contribution in [0.5, 0.6) is 0 Å². The van der Waals surface area contributed by atoms with Gasteiger partial charge in [0.25, 0.3) is 0 Å². The van der Waals surface area contributed by atoms with E-state index >= 15 is 0 Å². The summed E-state index contributed by atoms with van der Waals surface area (Å²) >= 11 is 0. The second-order valence-corrected chi connectivity index (χ2v) is 4.31. The Morgan fingerprint density at radius 1 is 1.18 bits per heavy atom. The van der Waals surface area contributed by atoms with Crippen LogP contribution in [0.3, 0.4) is 0 Å². The molecule has 2 heteroatoms. The quantitative estimate of drug-likeness (QED) is 0.729. The van der Waals surface area contributed by atoms with Crippen LogP contribution < -0.4 is 5.11 Å². The van der Waals surface area contributed by atoms with Crippen molar-refractivity contribution < 1.29 is 9.90 Å². The molecular weight excluding hydrogens is 212 g/mol. The fourth-order valence-corrected chi connectivity index (χ4v) is 2.41. The maximum absolute atomic E-state index is 12.3. The molecule has 1 aromatic carbocycles. The van der Waals surface area contributed by atoms with Crippen LogP contribution in [-0.4, -0.2) is 5.78 Å². The van der Waals surface area contributed by atoms with Crippen molar-refractivity contribution in [2.45, 2.75) is 12.3 Å². The highest BCUT2D eigenvalue weighted by Crippen LogP contribution is 2.37. The summed E-state index contributed by atoms with van der Waals surface area (Å²) in [5.74, 6) is -0.173. The Morgan fingerprint density at radius 2 is 1.94 bits per heavy atom. The Hall–Kier alpha value is -2.09. The third kappa shape index (κ3) is 1.53. The first-order valence-corrected chi connectivity index (χ1v) is 5.65. The van der Waals surface area contributed by atoms with Gasteiger partial charge in [-0.15, -0.1) is 5.76 Å². The first-order valence-electron chi connectivity index (χ1n) is 5.65. The van der Waals surface area contributed by atoms with Crippen LogP contribution in [0.25, 0.3) is 0 Å². The zero-order valence-corrected chi connectivity index (χ0v) is 9.22. The fourth-order valence-electron chi connectivity index (χ4n) is 2.41. The minimum atomic E-state index is -0.307. The van der Waals surface area contributed by atoms with E-state index in [0.717, 1.165) is 5.56 Å². The molecule has 0 spiro atoms. The number of carbonyl (C=O) groups is 1. The van der Waals surface area contributed by atoms with Crippen LogP contribution in [-0.2, 0) is 4.79 Å². The molecule has 0 fully saturated rings. The summed E-state index contributed by atoms with van der Waals surface area (Å²) in [6.07, 6.45) is 5.54. The Morgan fingerprint density at radius 3 is 2.71 bits per heavy atom. The number of fused-ring (bicyclic) bond motifs is 1. The van der Waals surface area contributed by atoms with E-state index in [4.69, 9.17) is 0 Å². The Kier molecular flexibility index (Phi) is 2.22. The van der Waals surface area contributed by atoms with Crippen LogP contribution in [0.15, 0.2) is 65.5 Å². The lowest BCUT2D eigenvalue weighted by Gasteiger charge is -2.31. The Balaban J connectivity index is 2.09. The lowest BCUT2D eigenvalue weighted by atomic mass is 9.81. The van der Waals surface area contributed by atoms with Crippen molar-refractivity contribution in [3.63, 3.8) is 0 Å². The number of ketones is 1. The molecule has 17 heavy (non-hydrogen) atoms. The van der Waals surface area contributed by atoms with Gasteiger partial charge in [-0.3, -0.25) is 4.79 Å². The molecule has 1 atom stereocenters. The minimum Gasteiger partial charge on any atom is -0.875 e. The molecule has 1 unspecified atom stereocenters. The Bertz CT molecular complexity index is 562. The van der Waals surface area contributed by atoms with Crippen LogP contribution >= 0.6 is 0 Å². The summed E-state index contributed by atoms with van der Waals surface area (Å²) in [4.78, 5) is 11.9. The van der Waals surface area contributed by atoms with Gasteiger partial charge in [-0.25, -0.2) is 0 Å². The molecule has 0 N–H and O–H groups in total. The van der Waals surface area contributed by atoms with Crippen molar-refractivity contribution in [3.8, 4) is 0 Å². The van der Waals surface area contributed by atoms with E-state index in [2.05, 4.69) is 0 Å². The van der Waals surface area contributed by atoms with Gasteiger partial charge in [-0.05, 0) is 11.1 Å². The molecular formula is C15H11O2-. The first-order chi connectivity index (χ1) is 8.27. The lowest BCUT2D eigenvalue weighted by molar-refractivity contribution is -0.311. The summed E-state index contributed by atoms with van der Waals surface area (Å²) in [5.41, 5.74) is 2.09. The fraction of sp³-hybridized carbons (Fsp3) is 0.133. The first kappa shape index (κ1) is 10.1. The van der Waals surface area contributed by atoms with Gasteiger partial charge in [-0.1, -0.05) is 48.6 Å². The van der Waals surface area contributed by atoms with E-state index in [-0.39, 0.29) is 17.5 Å². The van der Waals surface area contributed by atoms with Crippen molar-refractivity contribution in [3.05, 3.63) is 71.0 Å². The number of Topliss-reactive ketones (excluding diaryl/α,β-unsaturated/α-hetero) is 1. The average molecular weight is 223 g/mol. The van der Waals surface area contributed by atoms with Crippen molar-refractivity contribution in [1.29, 1.82) is 0 Å². The van der Waals surface area contributed by atoms with Gasteiger partial charge in [0.2, 0.25) is 0 Å². The SMILES string of the molecule is O=C1CC(c2ccccc2)C([O-])=C2C=CC=C12. The minimum absolute atomic E-state index is 0.0656. The summed E-state index contributed by atoms with van der Waals surface area (Å²) in [5, 5.41) is 12.3. The van der Waals surface area contributed by atoms with Crippen LogP contribution in [0.2, 0.25) is 0 Å². The maximum atomic E-state index is 12.3. The Labute approximate surface area is 99.6 Å². The van der Waals surface area contributed by atoms with E-state index in [1.165, 1.54) is 0 Å². The van der Waals surface area contributed by atoms with Gasteiger partial charge >= 0.3 is 0 Å². The second-order valence-electron chi connectivity index (χ2n) is 4.31. The van der Waals surface area contributed by atoms with Crippen LogP contribution in [0.1, 0.15) is 17.9 Å². The van der Waals surface area contributed by atoms with E-state index in [1.807, 2.05) is 30.3 Å². The highest BCUT2D eigenvalue weighted by molar-refractivity contribution is 6.03. The van der Waals surface area contributed by atoms with Gasteiger partial charge in [0.15, 0.2) is 5.78 Å². The highest BCUT2D eigenvalue weighted by atomic mass is 16.3. The third-order valence-corrected chi connectivity index (χ3v) is 3.29. The van der Waals surface area contributed by atoms with Crippen molar-refractivity contribution >= 4 is 5.78 Å². The largest absolute Gasteiger partial charge is 0.875 e. The standard InChI is InChI=1S/C15H12O2/c16-14-9-13(10-5-2-1-3-6-10)15(17)12-8-4-7-11(12)14/h1-8,13,17H,9H2/p-1. The molecule has 2 nitrogen and oxygen atoms in total.